The van der Waals surface area contributed by atoms with Gasteiger partial charge < -0.3 is 11.1 Å². The van der Waals surface area contributed by atoms with Crippen LogP contribution >= 0.6 is 11.3 Å². The fourth-order valence-corrected chi connectivity index (χ4v) is 3.55. The van der Waals surface area contributed by atoms with Gasteiger partial charge >= 0.3 is 0 Å². The number of nitrogens with two attached hydrogens (primary N) is 1. The monoisotopic (exact) mass is 280 g/mol. The van der Waals surface area contributed by atoms with Gasteiger partial charge in [0.1, 0.15) is 5.00 Å². The molecule has 1 aliphatic carbocycles. The summed E-state index contributed by atoms with van der Waals surface area (Å²) in [6.45, 7) is 1.90. The van der Waals surface area contributed by atoms with Crippen LogP contribution in [0.25, 0.3) is 0 Å². The fourth-order valence-electron chi connectivity index (χ4n) is 2.62. The maximum absolute atomic E-state index is 12.0. The van der Waals surface area contributed by atoms with E-state index in [9.17, 15) is 9.59 Å². The molecule has 19 heavy (non-hydrogen) atoms. The molecule has 1 aliphatic rings. The van der Waals surface area contributed by atoms with E-state index in [0.29, 0.717) is 22.9 Å². The molecule has 0 atom stereocenters. The van der Waals surface area contributed by atoms with Crippen molar-refractivity contribution >= 4 is 28.2 Å². The Kier molecular flexibility index (Phi) is 4.58. The van der Waals surface area contributed by atoms with Crippen molar-refractivity contribution in [3.63, 3.8) is 0 Å². The molecule has 2 rings (SSSR count). The largest absolute Gasteiger partial charge is 0.366 e. The lowest BCUT2D eigenvalue weighted by Crippen LogP contribution is -2.20. The number of anilines is 1. The molecule has 1 heterocycles. The number of hydrogen-bond acceptors (Lipinski definition) is 3. The summed E-state index contributed by atoms with van der Waals surface area (Å²) in [5, 5.41) is 3.43. The Morgan fingerprint density at radius 2 is 2.05 bits per heavy atom. The number of rotatable bonds is 4. The molecule has 2 amide bonds. The van der Waals surface area contributed by atoms with Crippen molar-refractivity contribution in [2.24, 2.45) is 11.7 Å². The third-order valence-corrected chi connectivity index (χ3v) is 4.54. The van der Waals surface area contributed by atoms with Gasteiger partial charge in [0.2, 0.25) is 5.91 Å². The van der Waals surface area contributed by atoms with Crippen molar-refractivity contribution in [3.8, 4) is 0 Å². The van der Waals surface area contributed by atoms with Crippen molar-refractivity contribution in [1.82, 2.24) is 0 Å². The average molecular weight is 280 g/mol. The average Bonchev–Trinajstić information content (AvgIpc) is 2.71. The summed E-state index contributed by atoms with van der Waals surface area (Å²) in [6.07, 6.45) is 6.56. The van der Waals surface area contributed by atoms with Crippen molar-refractivity contribution in [2.75, 3.05) is 5.32 Å². The molecule has 3 N–H and O–H groups in total. The van der Waals surface area contributed by atoms with Crippen LogP contribution in [-0.2, 0) is 4.79 Å². The standard InChI is InChI=1S/C14H20N2O2S/c1-9-7-11(13(15)18)14(19-9)16-12(17)8-10-5-3-2-4-6-10/h7,10H,2-6,8H2,1H3,(H2,15,18)(H,16,17). The van der Waals surface area contributed by atoms with Crippen LogP contribution in [0.4, 0.5) is 5.00 Å². The van der Waals surface area contributed by atoms with Crippen LogP contribution in [0.2, 0.25) is 0 Å². The van der Waals surface area contributed by atoms with Crippen molar-refractivity contribution < 1.29 is 9.59 Å². The first-order chi connectivity index (χ1) is 9.06. The van der Waals surface area contributed by atoms with E-state index in [1.807, 2.05) is 6.92 Å². The molecule has 0 aliphatic heterocycles. The first-order valence-electron chi connectivity index (χ1n) is 6.76. The summed E-state index contributed by atoms with van der Waals surface area (Å²) < 4.78 is 0. The molecular weight excluding hydrogens is 260 g/mol. The Bertz CT molecular complexity index is 476. The molecule has 0 bridgehead atoms. The van der Waals surface area contributed by atoms with Gasteiger partial charge in [0.15, 0.2) is 0 Å². The molecule has 0 saturated heterocycles. The van der Waals surface area contributed by atoms with Crippen molar-refractivity contribution in [1.29, 1.82) is 0 Å². The maximum atomic E-state index is 12.0. The summed E-state index contributed by atoms with van der Waals surface area (Å²) in [4.78, 5) is 24.3. The van der Waals surface area contributed by atoms with E-state index < -0.39 is 5.91 Å². The van der Waals surface area contributed by atoms with Crippen molar-refractivity contribution in [2.45, 2.75) is 45.4 Å². The first kappa shape index (κ1) is 14.1. The minimum Gasteiger partial charge on any atom is -0.366 e. The van der Waals surface area contributed by atoms with Gasteiger partial charge in [-0.3, -0.25) is 9.59 Å². The lowest BCUT2D eigenvalue weighted by molar-refractivity contribution is -0.117. The molecule has 0 aromatic carbocycles. The number of thiophene rings is 1. The molecule has 0 unspecified atom stereocenters. The van der Waals surface area contributed by atoms with Crippen LogP contribution in [-0.4, -0.2) is 11.8 Å². The Hall–Kier alpha value is -1.36. The molecule has 104 valence electrons. The van der Waals surface area contributed by atoms with Crippen LogP contribution in [0.15, 0.2) is 6.07 Å². The number of hydrogen-bond donors (Lipinski definition) is 2. The van der Waals surface area contributed by atoms with E-state index >= 15 is 0 Å². The van der Waals surface area contributed by atoms with Gasteiger partial charge in [0.05, 0.1) is 5.56 Å². The zero-order valence-electron chi connectivity index (χ0n) is 11.2. The lowest BCUT2D eigenvalue weighted by atomic mass is 9.87. The van der Waals surface area contributed by atoms with E-state index in [1.54, 1.807) is 6.07 Å². The van der Waals surface area contributed by atoms with Crippen LogP contribution in [0.1, 0.15) is 53.8 Å². The number of amides is 2. The van der Waals surface area contributed by atoms with Crippen LogP contribution in [0, 0.1) is 12.8 Å². The predicted octanol–water partition coefficient (Wildman–Crippen LogP) is 3.06. The SMILES string of the molecule is Cc1cc(C(N)=O)c(NC(=O)CC2CCCCC2)s1. The third-order valence-electron chi connectivity index (χ3n) is 3.57. The van der Waals surface area contributed by atoms with Gasteiger partial charge in [0.25, 0.3) is 5.91 Å². The van der Waals surface area contributed by atoms with Crippen molar-refractivity contribution in [3.05, 3.63) is 16.5 Å². The van der Waals surface area contributed by atoms with Gasteiger partial charge in [0, 0.05) is 11.3 Å². The smallest absolute Gasteiger partial charge is 0.251 e. The van der Waals surface area contributed by atoms with E-state index in [2.05, 4.69) is 5.32 Å². The molecule has 1 saturated carbocycles. The first-order valence-corrected chi connectivity index (χ1v) is 7.58. The summed E-state index contributed by atoms with van der Waals surface area (Å²) >= 11 is 1.40. The molecular formula is C14H20N2O2S. The summed E-state index contributed by atoms with van der Waals surface area (Å²) in [6, 6.07) is 1.73. The second kappa shape index (κ2) is 6.19. The van der Waals surface area contributed by atoms with E-state index in [4.69, 9.17) is 5.73 Å². The Labute approximate surface area is 117 Å². The van der Waals surface area contributed by atoms with Crippen LogP contribution in [0.3, 0.4) is 0 Å². The predicted molar refractivity (Wildman–Crippen MR) is 77.4 cm³/mol. The minimum absolute atomic E-state index is 0.00347. The second-order valence-electron chi connectivity index (χ2n) is 5.22. The number of primary amides is 1. The van der Waals surface area contributed by atoms with Gasteiger partial charge in [-0.2, -0.15) is 0 Å². The Morgan fingerprint density at radius 3 is 2.68 bits per heavy atom. The number of carbonyl (C=O) groups is 2. The summed E-state index contributed by atoms with van der Waals surface area (Å²) in [5.74, 6) is 0.000374. The number of carbonyl (C=O) groups excluding carboxylic acids is 2. The molecule has 0 radical (unpaired) electrons. The summed E-state index contributed by atoms with van der Waals surface area (Å²) in [5.41, 5.74) is 5.72. The molecule has 4 nitrogen and oxygen atoms in total. The highest BCUT2D eigenvalue weighted by Crippen LogP contribution is 2.29. The Balaban J connectivity index is 1.96. The molecule has 5 heteroatoms. The van der Waals surface area contributed by atoms with Crippen LogP contribution < -0.4 is 11.1 Å². The second-order valence-corrected chi connectivity index (χ2v) is 6.48. The zero-order valence-corrected chi connectivity index (χ0v) is 12.0. The molecule has 1 aromatic heterocycles. The Morgan fingerprint density at radius 1 is 1.37 bits per heavy atom. The molecule has 0 spiro atoms. The van der Waals surface area contributed by atoms with Gasteiger partial charge in [-0.25, -0.2) is 0 Å². The maximum Gasteiger partial charge on any atom is 0.251 e. The number of nitrogens with one attached hydrogen (secondary N) is 1. The minimum atomic E-state index is -0.489. The molecule has 1 aromatic rings. The normalized spacial score (nSPS) is 16.3. The highest BCUT2D eigenvalue weighted by molar-refractivity contribution is 7.16. The zero-order chi connectivity index (χ0) is 13.8. The van der Waals surface area contributed by atoms with E-state index in [1.165, 1.54) is 30.6 Å². The fraction of sp³-hybridized carbons (Fsp3) is 0.571. The topological polar surface area (TPSA) is 72.2 Å². The number of aryl methyl sites for hydroxylation is 1. The summed E-state index contributed by atoms with van der Waals surface area (Å²) in [7, 11) is 0. The van der Waals surface area contributed by atoms with Gasteiger partial charge in [-0.15, -0.1) is 11.3 Å². The highest BCUT2D eigenvalue weighted by Gasteiger charge is 2.19. The highest BCUT2D eigenvalue weighted by atomic mass is 32.1. The van der Waals surface area contributed by atoms with Crippen LogP contribution in [0.5, 0.6) is 0 Å². The molecule has 1 fully saturated rings. The third kappa shape index (κ3) is 3.80. The van der Waals surface area contributed by atoms with E-state index in [0.717, 1.165) is 17.7 Å². The van der Waals surface area contributed by atoms with Gasteiger partial charge in [-0.1, -0.05) is 19.3 Å². The van der Waals surface area contributed by atoms with E-state index in [-0.39, 0.29) is 5.91 Å². The quantitative estimate of drug-likeness (QED) is 0.889. The van der Waals surface area contributed by atoms with Gasteiger partial charge in [-0.05, 0) is 31.7 Å². The lowest BCUT2D eigenvalue weighted by Gasteiger charge is -2.20.